The van der Waals surface area contributed by atoms with Gasteiger partial charge in [0.15, 0.2) is 0 Å². The summed E-state index contributed by atoms with van der Waals surface area (Å²) in [6.07, 6.45) is 4.33. The monoisotopic (exact) mass is 293 g/mol. The van der Waals surface area contributed by atoms with E-state index in [0.29, 0.717) is 19.4 Å². The minimum absolute atomic E-state index is 0.131. The summed E-state index contributed by atoms with van der Waals surface area (Å²) in [7, 11) is 1.67. The van der Waals surface area contributed by atoms with Crippen molar-refractivity contribution in [3.05, 3.63) is 30.1 Å². The molecule has 0 aliphatic heterocycles. The van der Waals surface area contributed by atoms with Crippen LogP contribution in [0.4, 0.5) is 4.79 Å². The minimum atomic E-state index is -0.898. The van der Waals surface area contributed by atoms with Crippen LogP contribution in [0.3, 0.4) is 0 Å². The third-order valence-corrected chi connectivity index (χ3v) is 3.87. The molecule has 6 nitrogen and oxygen atoms in total. The fourth-order valence-corrected chi connectivity index (χ4v) is 2.10. The van der Waals surface area contributed by atoms with E-state index in [0.717, 1.165) is 5.56 Å². The molecule has 6 heteroatoms. The topological polar surface area (TPSA) is 82.5 Å². The van der Waals surface area contributed by atoms with E-state index in [2.05, 4.69) is 10.3 Å². The molecule has 0 fully saturated rings. The number of aliphatic carboxylic acids is 1. The van der Waals surface area contributed by atoms with Crippen LogP contribution in [0.25, 0.3) is 0 Å². The Bertz CT molecular complexity index is 472. The molecular weight excluding hydrogens is 270 g/mol. The number of hydrogen-bond acceptors (Lipinski definition) is 3. The van der Waals surface area contributed by atoms with Crippen molar-refractivity contribution in [3.8, 4) is 0 Å². The lowest BCUT2D eigenvalue weighted by atomic mass is 9.82. The Morgan fingerprint density at radius 3 is 2.52 bits per heavy atom. The van der Waals surface area contributed by atoms with Crippen LogP contribution in [0.2, 0.25) is 0 Å². The number of carbonyl (C=O) groups excluding carboxylic acids is 1. The van der Waals surface area contributed by atoms with E-state index in [-0.39, 0.29) is 12.6 Å². The predicted octanol–water partition coefficient (Wildman–Crippen LogP) is 2.11. The third-order valence-electron chi connectivity index (χ3n) is 3.87. The number of carboxylic acids is 1. The largest absolute Gasteiger partial charge is 0.481 e. The van der Waals surface area contributed by atoms with Crippen molar-refractivity contribution in [2.45, 2.75) is 33.2 Å². The van der Waals surface area contributed by atoms with E-state index in [1.165, 1.54) is 4.90 Å². The molecular formula is C15H23N3O3. The number of aromatic nitrogens is 1. The van der Waals surface area contributed by atoms with Gasteiger partial charge in [-0.1, -0.05) is 19.9 Å². The van der Waals surface area contributed by atoms with Crippen LogP contribution in [0, 0.1) is 5.41 Å². The molecule has 0 aromatic carbocycles. The Hall–Kier alpha value is -2.11. The van der Waals surface area contributed by atoms with Gasteiger partial charge in [0.2, 0.25) is 0 Å². The Morgan fingerprint density at radius 2 is 2.05 bits per heavy atom. The lowest BCUT2D eigenvalue weighted by molar-refractivity contribution is -0.149. The van der Waals surface area contributed by atoms with Crippen molar-refractivity contribution >= 4 is 12.0 Å². The van der Waals surface area contributed by atoms with Crippen molar-refractivity contribution in [1.82, 2.24) is 15.2 Å². The van der Waals surface area contributed by atoms with Gasteiger partial charge in [0, 0.05) is 32.5 Å². The molecule has 0 saturated heterocycles. The molecule has 0 saturated carbocycles. The lowest BCUT2D eigenvalue weighted by Crippen LogP contribution is -2.46. The smallest absolute Gasteiger partial charge is 0.317 e. The zero-order valence-electron chi connectivity index (χ0n) is 12.8. The molecule has 0 unspecified atom stereocenters. The van der Waals surface area contributed by atoms with E-state index in [1.807, 2.05) is 26.0 Å². The zero-order valence-corrected chi connectivity index (χ0v) is 12.8. The van der Waals surface area contributed by atoms with Crippen LogP contribution >= 0.6 is 0 Å². The first-order valence-electron chi connectivity index (χ1n) is 7.06. The van der Waals surface area contributed by atoms with Gasteiger partial charge in [-0.2, -0.15) is 0 Å². The van der Waals surface area contributed by atoms with E-state index < -0.39 is 11.4 Å². The van der Waals surface area contributed by atoms with Crippen molar-refractivity contribution in [3.63, 3.8) is 0 Å². The molecule has 0 spiro atoms. The maximum Gasteiger partial charge on any atom is 0.317 e. The molecule has 0 aliphatic carbocycles. The summed E-state index contributed by atoms with van der Waals surface area (Å²) >= 11 is 0. The molecule has 1 rings (SSSR count). The maximum atomic E-state index is 12.0. The number of amides is 2. The molecule has 0 bridgehead atoms. The first-order valence-corrected chi connectivity index (χ1v) is 7.06. The molecule has 0 aliphatic rings. The highest BCUT2D eigenvalue weighted by molar-refractivity contribution is 5.78. The highest BCUT2D eigenvalue weighted by Gasteiger charge is 2.35. The van der Waals surface area contributed by atoms with Crippen LogP contribution in [0.15, 0.2) is 24.5 Å². The zero-order chi connectivity index (χ0) is 15.9. The number of carboxylic acid groups (broad SMARTS) is 1. The van der Waals surface area contributed by atoms with Crippen LogP contribution in [0.1, 0.15) is 32.3 Å². The molecule has 1 heterocycles. The number of pyridine rings is 1. The minimum Gasteiger partial charge on any atom is -0.481 e. The van der Waals surface area contributed by atoms with E-state index in [1.54, 1.807) is 19.4 Å². The summed E-state index contributed by atoms with van der Waals surface area (Å²) in [6.45, 7) is 4.20. The second-order valence-corrected chi connectivity index (χ2v) is 5.17. The quantitative estimate of drug-likeness (QED) is 0.806. The summed E-state index contributed by atoms with van der Waals surface area (Å²) < 4.78 is 0. The van der Waals surface area contributed by atoms with Gasteiger partial charge in [-0.05, 0) is 24.5 Å². The second-order valence-electron chi connectivity index (χ2n) is 5.17. The highest BCUT2D eigenvalue weighted by atomic mass is 16.4. The Labute approximate surface area is 125 Å². The van der Waals surface area contributed by atoms with Gasteiger partial charge in [-0.3, -0.25) is 9.78 Å². The van der Waals surface area contributed by atoms with Gasteiger partial charge in [-0.15, -0.1) is 0 Å². The SMILES string of the molecule is CCC(CC)(CNC(=O)N(C)Cc1cccnc1)C(=O)O. The highest BCUT2D eigenvalue weighted by Crippen LogP contribution is 2.25. The number of hydrogen-bond donors (Lipinski definition) is 2. The summed E-state index contributed by atoms with van der Waals surface area (Å²) in [5.41, 5.74) is 0.0239. The lowest BCUT2D eigenvalue weighted by Gasteiger charge is -2.28. The van der Waals surface area contributed by atoms with E-state index in [4.69, 9.17) is 0 Å². The summed E-state index contributed by atoms with van der Waals surface area (Å²) in [5.74, 6) is -0.872. The van der Waals surface area contributed by atoms with Crippen molar-refractivity contribution < 1.29 is 14.7 Å². The normalized spacial score (nSPS) is 11.0. The summed E-state index contributed by atoms with van der Waals surface area (Å²) in [6, 6.07) is 3.41. The van der Waals surface area contributed by atoms with Crippen molar-refractivity contribution in [2.24, 2.45) is 5.41 Å². The molecule has 116 valence electrons. The molecule has 2 N–H and O–H groups in total. The van der Waals surface area contributed by atoms with E-state index in [9.17, 15) is 14.7 Å². The molecule has 0 atom stereocenters. The molecule has 1 aromatic heterocycles. The molecule has 2 amide bonds. The second kappa shape index (κ2) is 7.61. The maximum absolute atomic E-state index is 12.0. The Balaban J connectivity index is 2.58. The Morgan fingerprint density at radius 1 is 1.38 bits per heavy atom. The molecule has 0 radical (unpaired) electrons. The van der Waals surface area contributed by atoms with Gasteiger partial charge in [-0.25, -0.2) is 4.79 Å². The third kappa shape index (κ3) is 4.44. The van der Waals surface area contributed by atoms with Crippen LogP contribution in [-0.4, -0.2) is 40.6 Å². The molecule has 21 heavy (non-hydrogen) atoms. The number of nitrogens with zero attached hydrogens (tertiary/aromatic N) is 2. The van der Waals surface area contributed by atoms with Crippen LogP contribution < -0.4 is 5.32 Å². The first-order chi connectivity index (χ1) is 9.95. The number of carbonyl (C=O) groups is 2. The number of rotatable bonds is 7. The van der Waals surface area contributed by atoms with Crippen molar-refractivity contribution in [2.75, 3.05) is 13.6 Å². The average Bonchev–Trinajstić information content (AvgIpc) is 2.49. The average molecular weight is 293 g/mol. The predicted molar refractivity (Wildman–Crippen MR) is 79.8 cm³/mol. The Kier molecular flexibility index (Phi) is 6.14. The summed E-state index contributed by atoms with van der Waals surface area (Å²) in [5, 5.41) is 12.0. The van der Waals surface area contributed by atoms with E-state index >= 15 is 0 Å². The summed E-state index contributed by atoms with van der Waals surface area (Å²) in [4.78, 5) is 28.9. The molecule has 1 aromatic rings. The standard InChI is InChI=1S/C15H23N3O3/c1-4-15(5-2,13(19)20)11-17-14(21)18(3)10-12-7-6-8-16-9-12/h6-9H,4-5,10-11H2,1-3H3,(H,17,21)(H,19,20). The van der Waals surface area contributed by atoms with Gasteiger partial charge < -0.3 is 15.3 Å². The fourth-order valence-electron chi connectivity index (χ4n) is 2.10. The van der Waals surface area contributed by atoms with Crippen molar-refractivity contribution in [1.29, 1.82) is 0 Å². The fraction of sp³-hybridized carbons (Fsp3) is 0.533. The van der Waals surface area contributed by atoms with Crippen LogP contribution in [0.5, 0.6) is 0 Å². The number of urea groups is 1. The van der Waals surface area contributed by atoms with Gasteiger partial charge >= 0.3 is 12.0 Å². The van der Waals surface area contributed by atoms with Crippen LogP contribution in [-0.2, 0) is 11.3 Å². The van der Waals surface area contributed by atoms with Gasteiger partial charge in [0.25, 0.3) is 0 Å². The van der Waals surface area contributed by atoms with Gasteiger partial charge in [0.1, 0.15) is 0 Å². The number of nitrogens with one attached hydrogen (secondary N) is 1. The van der Waals surface area contributed by atoms with Gasteiger partial charge in [0.05, 0.1) is 5.41 Å². The first kappa shape index (κ1) is 16.9.